The van der Waals surface area contributed by atoms with Gasteiger partial charge >= 0.3 is 0 Å². The third-order valence-electron chi connectivity index (χ3n) is 2.68. The van der Waals surface area contributed by atoms with Gasteiger partial charge in [0.05, 0.1) is 5.02 Å². The molecule has 1 aromatic heterocycles. The number of aromatic nitrogens is 2. The van der Waals surface area contributed by atoms with Gasteiger partial charge in [-0.05, 0) is 13.3 Å². The van der Waals surface area contributed by atoms with E-state index in [9.17, 15) is 22.4 Å². The molecule has 0 bridgehead atoms. The van der Waals surface area contributed by atoms with Gasteiger partial charge in [-0.1, -0.05) is 18.5 Å². The highest BCUT2D eigenvalue weighted by molar-refractivity contribution is 6.32. The van der Waals surface area contributed by atoms with Crippen molar-refractivity contribution < 1.29 is 22.4 Å². The number of amides is 1. The lowest BCUT2D eigenvalue weighted by Gasteiger charge is -2.12. The molecule has 4 nitrogen and oxygen atoms in total. The largest absolute Gasteiger partial charge is 0.352 e. The van der Waals surface area contributed by atoms with Gasteiger partial charge in [0.1, 0.15) is 17.9 Å². The molecule has 20 heavy (non-hydrogen) atoms. The molecule has 0 aromatic carbocycles. The fourth-order valence-corrected chi connectivity index (χ4v) is 1.80. The van der Waals surface area contributed by atoms with Crippen LogP contribution >= 0.6 is 11.6 Å². The number of hydrogen-bond donors (Lipinski definition) is 1. The Bertz CT molecular complexity index is 478. The summed E-state index contributed by atoms with van der Waals surface area (Å²) in [5.41, 5.74) is -1.82. The topological polar surface area (TPSA) is 46.9 Å². The van der Waals surface area contributed by atoms with E-state index in [1.54, 1.807) is 6.92 Å². The molecule has 0 aliphatic rings. The van der Waals surface area contributed by atoms with Crippen molar-refractivity contribution in [2.24, 2.45) is 0 Å². The summed E-state index contributed by atoms with van der Waals surface area (Å²) in [5.74, 6) is -0.596. The number of halogens is 5. The minimum Gasteiger partial charge on any atom is -0.352 e. The summed E-state index contributed by atoms with van der Waals surface area (Å²) < 4.78 is 51.3. The molecule has 0 saturated carbocycles. The molecule has 0 aliphatic heterocycles. The molecular weight excluding hydrogens is 302 g/mol. The Hall–Kier alpha value is -1.31. The molecule has 0 saturated heterocycles. The Morgan fingerprint density at radius 2 is 1.95 bits per heavy atom. The molecule has 1 atom stereocenters. The number of carbonyl (C=O) groups is 1. The van der Waals surface area contributed by atoms with E-state index >= 15 is 0 Å². The summed E-state index contributed by atoms with van der Waals surface area (Å²) in [7, 11) is 0. The zero-order valence-corrected chi connectivity index (χ0v) is 11.6. The van der Waals surface area contributed by atoms with Crippen LogP contribution in [-0.4, -0.2) is 21.7 Å². The molecular formula is C11H14ClF4N3O. The maximum Gasteiger partial charge on any atom is 0.283 e. The van der Waals surface area contributed by atoms with E-state index in [0.717, 1.165) is 0 Å². The first-order chi connectivity index (χ1) is 9.27. The van der Waals surface area contributed by atoms with Gasteiger partial charge in [0.15, 0.2) is 0 Å². The summed E-state index contributed by atoms with van der Waals surface area (Å²) in [4.78, 5) is 11.6. The molecule has 0 fully saturated rings. The van der Waals surface area contributed by atoms with Crippen molar-refractivity contribution in [2.75, 3.05) is 0 Å². The molecule has 0 aliphatic carbocycles. The van der Waals surface area contributed by atoms with Crippen LogP contribution in [0.1, 0.15) is 44.5 Å². The van der Waals surface area contributed by atoms with Gasteiger partial charge in [0.25, 0.3) is 12.9 Å². The van der Waals surface area contributed by atoms with E-state index in [1.165, 1.54) is 0 Å². The highest BCUT2D eigenvalue weighted by atomic mass is 35.5. The van der Waals surface area contributed by atoms with E-state index in [1.807, 2.05) is 6.92 Å². The Morgan fingerprint density at radius 3 is 2.40 bits per heavy atom. The third kappa shape index (κ3) is 3.84. The monoisotopic (exact) mass is 315 g/mol. The summed E-state index contributed by atoms with van der Waals surface area (Å²) in [6.45, 7) is 2.97. The molecule has 1 aromatic rings. The van der Waals surface area contributed by atoms with Crippen molar-refractivity contribution in [1.29, 1.82) is 0 Å². The first-order valence-electron chi connectivity index (χ1n) is 5.89. The minimum absolute atomic E-state index is 0.155. The summed E-state index contributed by atoms with van der Waals surface area (Å²) in [5, 5.41) is 5.02. The SMILES string of the molecule is CCC(C)NC(=O)Cn1nc(C(F)F)c(Cl)c1C(F)F. The Balaban J connectivity index is 2.99. The van der Waals surface area contributed by atoms with Crippen molar-refractivity contribution in [3.05, 3.63) is 16.4 Å². The highest BCUT2D eigenvalue weighted by Crippen LogP contribution is 2.34. The van der Waals surface area contributed by atoms with Crippen molar-refractivity contribution in [2.45, 2.75) is 45.7 Å². The summed E-state index contributed by atoms with van der Waals surface area (Å²) in [6.07, 6.45) is -5.53. The van der Waals surface area contributed by atoms with Crippen molar-refractivity contribution in [3.63, 3.8) is 0 Å². The number of rotatable bonds is 6. The van der Waals surface area contributed by atoms with Crippen LogP contribution in [0, 0.1) is 0 Å². The molecule has 1 N–H and O–H groups in total. The number of nitrogens with one attached hydrogen (secondary N) is 1. The van der Waals surface area contributed by atoms with Crippen LogP contribution in [0.15, 0.2) is 0 Å². The zero-order chi connectivity index (χ0) is 15.4. The number of hydrogen-bond acceptors (Lipinski definition) is 2. The second kappa shape index (κ2) is 6.92. The maximum atomic E-state index is 12.8. The van der Waals surface area contributed by atoms with Crippen LogP contribution in [0.3, 0.4) is 0 Å². The molecule has 1 rings (SSSR count). The number of nitrogens with zero attached hydrogens (tertiary/aromatic N) is 2. The highest BCUT2D eigenvalue weighted by Gasteiger charge is 2.28. The Kier molecular flexibility index (Phi) is 5.79. The number of carbonyl (C=O) groups excluding carboxylic acids is 1. The van der Waals surface area contributed by atoms with E-state index in [0.29, 0.717) is 11.1 Å². The summed E-state index contributed by atoms with van der Waals surface area (Å²) in [6, 6.07) is -0.155. The fraction of sp³-hybridized carbons (Fsp3) is 0.636. The Morgan fingerprint density at radius 1 is 1.35 bits per heavy atom. The second-order valence-corrected chi connectivity index (χ2v) is 4.60. The average Bonchev–Trinajstić information content (AvgIpc) is 2.65. The lowest BCUT2D eigenvalue weighted by atomic mass is 10.2. The van der Waals surface area contributed by atoms with Gasteiger partial charge in [0.2, 0.25) is 5.91 Å². The lowest BCUT2D eigenvalue weighted by molar-refractivity contribution is -0.122. The van der Waals surface area contributed by atoms with Crippen LogP contribution in [0.2, 0.25) is 5.02 Å². The molecule has 9 heteroatoms. The van der Waals surface area contributed by atoms with Crippen molar-refractivity contribution >= 4 is 17.5 Å². The van der Waals surface area contributed by atoms with Crippen LogP contribution in [-0.2, 0) is 11.3 Å². The third-order valence-corrected chi connectivity index (χ3v) is 3.07. The van der Waals surface area contributed by atoms with E-state index in [4.69, 9.17) is 11.6 Å². The smallest absolute Gasteiger partial charge is 0.283 e. The normalized spacial score (nSPS) is 13.1. The van der Waals surface area contributed by atoms with Gasteiger partial charge in [0, 0.05) is 6.04 Å². The first kappa shape index (κ1) is 16.7. The number of alkyl halides is 4. The quantitative estimate of drug-likeness (QED) is 0.819. The van der Waals surface area contributed by atoms with Crippen molar-refractivity contribution in [1.82, 2.24) is 15.1 Å². The van der Waals surface area contributed by atoms with E-state index < -0.39 is 41.7 Å². The zero-order valence-electron chi connectivity index (χ0n) is 10.8. The maximum absolute atomic E-state index is 12.8. The van der Waals surface area contributed by atoms with E-state index in [2.05, 4.69) is 10.4 Å². The fourth-order valence-electron chi connectivity index (χ4n) is 1.50. The molecule has 1 amide bonds. The molecule has 0 spiro atoms. The van der Waals surface area contributed by atoms with Gasteiger partial charge in [-0.2, -0.15) is 5.10 Å². The predicted octanol–water partition coefficient (Wildman–Crippen LogP) is 3.33. The van der Waals surface area contributed by atoms with Crippen LogP contribution in [0.25, 0.3) is 0 Å². The second-order valence-electron chi connectivity index (χ2n) is 4.22. The Labute approximate surface area is 118 Å². The van der Waals surface area contributed by atoms with Gasteiger partial charge in [-0.3, -0.25) is 9.48 Å². The van der Waals surface area contributed by atoms with Gasteiger partial charge in [-0.15, -0.1) is 0 Å². The molecule has 0 radical (unpaired) electrons. The van der Waals surface area contributed by atoms with Crippen molar-refractivity contribution in [3.8, 4) is 0 Å². The van der Waals surface area contributed by atoms with E-state index in [-0.39, 0.29) is 6.04 Å². The standard InChI is InChI=1S/C11H14ClF4N3O/c1-3-5(2)17-6(20)4-19-9(11(15)16)7(12)8(18-19)10(13)14/h5,10-11H,3-4H2,1-2H3,(H,17,20). The molecule has 1 heterocycles. The van der Waals surface area contributed by atoms with Crippen LogP contribution < -0.4 is 5.32 Å². The average molecular weight is 316 g/mol. The minimum atomic E-state index is -3.10. The molecule has 114 valence electrons. The van der Waals surface area contributed by atoms with Gasteiger partial charge in [-0.25, -0.2) is 17.6 Å². The first-order valence-corrected chi connectivity index (χ1v) is 6.27. The van der Waals surface area contributed by atoms with Crippen LogP contribution in [0.4, 0.5) is 17.6 Å². The summed E-state index contributed by atoms with van der Waals surface area (Å²) >= 11 is 5.46. The van der Waals surface area contributed by atoms with Gasteiger partial charge < -0.3 is 5.32 Å². The predicted molar refractivity (Wildman–Crippen MR) is 65.0 cm³/mol. The molecule has 1 unspecified atom stereocenters. The lowest BCUT2D eigenvalue weighted by Crippen LogP contribution is -2.35. The van der Waals surface area contributed by atoms with Crippen LogP contribution in [0.5, 0.6) is 0 Å².